The van der Waals surface area contributed by atoms with Crippen LogP contribution < -0.4 is 0 Å². The zero-order valence-electron chi connectivity index (χ0n) is 7.61. The van der Waals surface area contributed by atoms with E-state index in [1.165, 1.54) is 6.08 Å². The molecule has 76 valence electrons. The second kappa shape index (κ2) is 3.91. The highest BCUT2D eigenvalue weighted by Crippen LogP contribution is 2.15. The molecule has 1 heterocycles. The Hall–Kier alpha value is -2.17. The molecule has 0 saturated heterocycles. The lowest BCUT2D eigenvalue weighted by Gasteiger charge is -1.87. The number of rotatable bonds is 2. The number of carbonyl (C=O) groups is 1. The van der Waals surface area contributed by atoms with Crippen LogP contribution in [-0.2, 0) is 9.74 Å². The zero-order valence-corrected chi connectivity index (χ0v) is 7.61. The van der Waals surface area contributed by atoms with Crippen LogP contribution in [0.5, 0.6) is 0 Å². The van der Waals surface area contributed by atoms with Gasteiger partial charge in [-0.2, -0.15) is 5.10 Å². The molecule has 0 aliphatic rings. The van der Waals surface area contributed by atoms with E-state index in [0.29, 0.717) is 5.69 Å². The average molecular weight is 206 g/mol. The lowest BCUT2D eigenvalue weighted by molar-refractivity contribution is -0.176. The van der Waals surface area contributed by atoms with Crippen LogP contribution in [0.1, 0.15) is 5.69 Å². The summed E-state index contributed by atoms with van der Waals surface area (Å²) in [5, 5.41) is 7.60. The minimum atomic E-state index is -1.05. The smallest absolute Gasteiger partial charge is 0.277 e. The van der Waals surface area contributed by atoms with Gasteiger partial charge in [0.2, 0.25) is 0 Å². The van der Waals surface area contributed by atoms with E-state index < -0.39 is 5.97 Å². The van der Waals surface area contributed by atoms with Gasteiger partial charge < -0.3 is 0 Å². The fourth-order valence-electron chi connectivity index (χ4n) is 1.28. The number of nitrogens with one attached hydrogen (secondary N) is 1. The third kappa shape index (κ3) is 1.85. The van der Waals surface area contributed by atoms with E-state index in [-0.39, 0.29) is 0 Å². The molecule has 5 heteroatoms. The van der Waals surface area contributed by atoms with E-state index in [1.807, 2.05) is 24.3 Å². The molecule has 1 N–H and O–H groups in total. The first-order chi connectivity index (χ1) is 7.31. The van der Waals surface area contributed by atoms with E-state index in [0.717, 1.165) is 17.0 Å². The summed E-state index contributed by atoms with van der Waals surface area (Å²) in [7, 11) is 0. The van der Waals surface area contributed by atoms with Crippen molar-refractivity contribution in [1.29, 1.82) is 0 Å². The Kier molecular flexibility index (Phi) is 2.45. The molecule has 0 radical (unpaired) electrons. The fourth-order valence-corrected chi connectivity index (χ4v) is 1.28. The predicted octanol–water partition coefficient (Wildman–Crippen LogP) is 2.00. The molecule has 2 rings (SSSR count). The Labute approximate surface area is 84.3 Å². The van der Waals surface area contributed by atoms with Gasteiger partial charge in [-0.1, -0.05) is 18.2 Å². The Bertz CT molecular complexity index is 519. The van der Waals surface area contributed by atoms with Crippen LogP contribution in [0.25, 0.3) is 17.0 Å². The highest BCUT2D eigenvalue weighted by atomic mass is 19.3. The van der Waals surface area contributed by atoms with E-state index in [1.54, 1.807) is 0 Å². The number of halogens is 1. The Balaban J connectivity index is 2.36. The summed E-state index contributed by atoms with van der Waals surface area (Å²) in [6.45, 7) is 0. The molecule has 1 aromatic carbocycles. The molecule has 0 bridgehead atoms. The third-order valence-electron chi connectivity index (χ3n) is 1.95. The van der Waals surface area contributed by atoms with Gasteiger partial charge in [-0.25, -0.2) is 4.79 Å². The molecule has 1 aromatic heterocycles. The fraction of sp³-hybridized carbons (Fsp3) is 0. The number of hydrogen-bond donors (Lipinski definition) is 1. The van der Waals surface area contributed by atoms with Crippen molar-refractivity contribution in [2.45, 2.75) is 0 Å². The van der Waals surface area contributed by atoms with Crippen LogP contribution in [0.4, 0.5) is 4.53 Å². The number of H-pyrrole nitrogens is 1. The van der Waals surface area contributed by atoms with Crippen LogP contribution in [0.3, 0.4) is 0 Å². The molecule has 0 amide bonds. The average Bonchev–Trinajstić information content (AvgIpc) is 2.69. The molecule has 0 fully saturated rings. The molecule has 0 aliphatic heterocycles. The van der Waals surface area contributed by atoms with Crippen LogP contribution in [0.15, 0.2) is 30.3 Å². The molecule has 0 aliphatic carbocycles. The number of benzene rings is 1. The first kappa shape index (κ1) is 9.39. The van der Waals surface area contributed by atoms with Crippen LogP contribution in [0.2, 0.25) is 0 Å². The molecule has 4 nitrogen and oxygen atoms in total. The standard InChI is InChI=1S/C10H7FN2O2/c11-15-10(14)6-5-9-7-3-1-2-4-8(7)12-13-9/h1-6H,(H,12,13)/b6-5+. The van der Waals surface area contributed by atoms with Crippen molar-refractivity contribution in [1.82, 2.24) is 10.2 Å². The molecule has 15 heavy (non-hydrogen) atoms. The van der Waals surface area contributed by atoms with Crippen molar-refractivity contribution < 1.29 is 14.3 Å². The summed E-state index contributed by atoms with van der Waals surface area (Å²) in [5.41, 5.74) is 1.42. The normalized spacial score (nSPS) is 11.0. The topological polar surface area (TPSA) is 55.0 Å². The first-order valence-corrected chi connectivity index (χ1v) is 4.25. The third-order valence-corrected chi connectivity index (χ3v) is 1.95. The SMILES string of the molecule is O=C(/C=C/c1n[nH]c2ccccc12)OF. The van der Waals surface area contributed by atoms with Gasteiger partial charge in [0.1, 0.15) is 0 Å². The first-order valence-electron chi connectivity index (χ1n) is 4.25. The van der Waals surface area contributed by atoms with Crippen molar-refractivity contribution in [3.8, 4) is 0 Å². The number of para-hydroxylation sites is 1. The second-order valence-electron chi connectivity index (χ2n) is 2.88. The molecule has 0 spiro atoms. The van der Waals surface area contributed by atoms with E-state index in [4.69, 9.17) is 0 Å². The number of hydrogen-bond acceptors (Lipinski definition) is 3. The summed E-state index contributed by atoms with van der Waals surface area (Å²) in [6, 6.07) is 7.42. The van der Waals surface area contributed by atoms with Gasteiger partial charge in [0, 0.05) is 16.0 Å². The van der Waals surface area contributed by atoms with Crippen LogP contribution in [-0.4, -0.2) is 16.2 Å². The van der Waals surface area contributed by atoms with Crippen molar-refractivity contribution in [3.63, 3.8) is 0 Å². The van der Waals surface area contributed by atoms with Gasteiger partial charge in [-0.05, 0) is 12.1 Å². The van der Waals surface area contributed by atoms with Gasteiger partial charge in [0.05, 0.1) is 11.2 Å². The molecule has 2 aromatic rings. The lowest BCUT2D eigenvalue weighted by atomic mass is 10.2. The lowest BCUT2D eigenvalue weighted by Crippen LogP contribution is -1.89. The summed E-state index contributed by atoms with van der Waals surface area (Å²) in [6.07, 6.45) is 2.36. The van der Waals surface area contributed by atoms with Gasteiger partial charge in [0.25, 0.3) is 0 Å². The van der Waals surface area contributed by atoms with E-state index in [9.17, 15) is 9.32 Å². The summed E-state index contributed by atoms with van der Waals surface area (Å²) in [5.74, 6) is -1.05. The molecular formula is C10H7FN2O2. The van der Waals surface area contributed by atoms with Gasteiger partial charge in [0.15, 0.2) is 0 Å². The largest absolute Gasteiger partial charge is 0.372 e. The minimum absolute atomic E-state index is 0.566. The number of fused-ring (bicyclic) bond motifs is 1. The quantitative estimate of drug-likeness (QED) is 0.764. The number of aromatic nitrogens is 2. The second-order valence-corrected chi connectivity index (χ2v) is 2.88. The van der Waals surface area contributed by atoms with E-state index in [2.05, 4.69) is 15.1 Å². The van der Waals surface area contributed by atoms with Gasteiger partial charge in [-0.15, -0.1) is 0 Å². The van der Waals surface area contributed by atoms with Crippen molar-refractivity contribution >= 4 is 22.9 Å². The maximum absolute atomic E-state index is 11.4. The van der Waals surface area contributed by atoms with Crippen molar-refractivity contribution in [2.75, 3.05) is 0 Å². The highest BCUT2D eigenvalue weighted by molar-refractivity contribution is 5.92. The number of carbonyl (C=O) groups excluding carboxylic acids is 1. The van der Waals surface area contributed by atoms with E-state index >= 15 is 0 Å². The van der Waals surface area contributed by atoms with Gasteiger partial charge >= 0.3 is 5.97 Å². The predicted molar refractivity (Wildman–Crippen MR) is 52.3 cm³/mol. The molecule has 0 unspecified atom stereocenters. The highest BCUT2D eigenvalue weighted by Gasteiger charge is 2.02. The summed E-state index contributed by atoms with van der Waals surface area (Å²) in [4.78, 5) is 13.5. The zero-order chi connectivity index (χ0) is 10.7. The maximum Gasteiger partial charge on any atom is 0.372 e. The molecule has 0 atom stereocenters. The number of aromatic amines is 1. The monoisotopic (exact) mass is 206 g/mol. The maximum atomic E-state index is 11.4. The Morgan fingerprint density at radius 3 is 3.07 bits per heavy atom. The van der Waals surface area contributed by atoms with Crippen molar-refractivity contribution in [3.05, 3.63) is 36.0 Å². The Morgan fingerprint density at radius 1 is 1.47 bits per heavy atom. The minimum Gasteiger partial charge on any atom is -0.277 e. The molecular weight excluding hydrogens is 199 g/mol. The van der Waals surface area contributed by atoms with Crippen LogP contribution >= 0.6 is 0 Å². The van der Waals surface area contributed by atoms with Crippen molar-refractivity contribution in [2.24, 2.45) is 0 Å². The van der Waals surface area contributed by atoms with Crippen LogP contribution in [0, 0.1) is 0 Å². The summed E-state index contributed by atoms with van der Waals surface area (Å²) >= 11 is 0. The summed E-state index contributed by atoms with van der Waals surface area (Å²) < 4.78 is 11.4. The Morgan fingerprint density at radius 2 is 2.27 bits per heavy atom. The molecule has 0 saturated carbocycles. The van der Waals surface area contributed by atoms with Gasteiger partial charge in [-0.3, -0.25) is 10.0 Å². The number of nitrogens with zero attached hydrogens (tertiary/aromatic N) is 1.